The maximum atomic E-state index is 13.0. The molecule has 5 heteroatoms. The average Bonchev–Trinajstić information content (AvgIpc) is 3.05. The molecule has 0 spiro atoms. The molecule has 0 aromatic heterocycles. The lowest BCUT2D eigenvalue weighted by Crippen LogP contribution is -2.44. The van der Waals surface area contributed by atoms with E-state index in [0.717, 1.165) is 18.6 Å². The van der Waals surface area contributed by atoms with Crippen LogP contribution in [-0.2, 0) is 4.79 Å². The smallest absolute Gasteiger partial charge is 0.255 e. The Bertz CT molecular complexity index is 719. The van der Waals surface area contributed by atoms with Crippen molar-refractivity contribution in [1.82, 2.24) is 5.01 Å². The van der Waals surface area contributed by atoms with E-state index >= 15 is 0 Å². The second-order valence-corrected chi connectivity index (χ2v) is 8.24. The number of hydrogen-bond donors (Lipinski definition) is 0. The van der Waals surface area contributed by atoms with Gasteiger partial charge in [0.25, 0.3) is 5.91 Å². The highest BCUT2D eigenvalue weighted by molar-refractivity contribution is 6.12. The Balaban J connectivity index is 0.000000720. The molecule has 1 aliphatic heterocycles. The molecule has 2 aliphatic rings. The minimum Gasteiger partial charge on any atom is -0.497 e. The number of methoxy groups -OCH3 is 1. The lowest BCUT2D eigenvalue weighted by molar-refractivity contribution is -0.137. The first-order valence-corrected chi connectivity index (χ1v) is 11.9. The van der Waals surface area contributed by atoms with Gasteiger partial charge >= 0.3 is 0 Å². The summed E-state index contributed by atoms with van der Waals surface area (Å²) in [6, 6.07) is 6.94. The van der Waals surface area contributed by atoms with Crippen LogP contribution in [0, 0.1) is 11.3 Å². The van der Waals surface area contributed by atoms with Gasteiger partial charge in [-0.1, -0.05) is 59.8 Å². The molecule has 1 fully saturated rings. The fraction of sp³-hybridized carbons (Fsp3) is 0.654. The Morgan fingerprint density at radius 2 is 1.65 bits per heavy atom. The zero-order valence-electron chi connectivity index (χ0n) is 20.7. The first-order chi connectivity index (χ1) is 14.9. The van der Waals surface area contributed by atoms with Gasteiger partial charge in [-0.2, -0.15) is 5.10 Å². The Hall–Kier alpha value is -2.17. The van der Waals surface area contributed by atoms with Gasteiger partial charge < -0.3 is 4.74 Å². The molecular formula is C26H42N2O3. The lowest BCUT2D eigenvalue weighted by Gasteiger charge is -2.35. The van der Waals surface area contributed by atoms with Crippen LogP contribution < -0.4 is 4.74 Å². The molecule has 174 valence electrons. The van der Waals surface area contributed by atoms with Crippen molar-refractivity contribution in [2.75, 3.05) is 13.7 Å². The van der Waals surface area contributed by atoms with Gasteiger partial charge in [-0.3, -0.25) is 9.59 Å². The molecule has 3 rings (SSSR count). The maximum absolute atomic E-state index is 13.0. The van der Waals surface area contributed by atoms with Crippen molar-refractivity contribution < 1.29 is 14.3 Å². The van der Waals surface area contributed by atoms with E-state index in [2.05, 4.69) is 18.9 Å². The van der Waals surface area contributed by atoms with E-state index in [0.29, 0.717) is 17.2 Å². The summed E-state index contributed by atoms with van der Waals surface area (Å²) in [5, 5.41) is 5.82. The summed E-state index contributed by atoms with van der Waals surface area (Å²) in [7, 11) is 1.59. The standard InChI is InChI=1S/C20H26N2O3.C4H10.C2H6/c1-14-20(2,16-7-5-4-6-8-16)19(24)22(21-14)13-18(23)15-9-11-17(25-3)12-10-15;1-3-4-2;1-2/h9-12,16H,4-8,13H2,1-3H3;3-4H2,1-2H3;1-2H3. The van der Waals surface area contributed by atoms with Gasteiger partial charge in [-0.15, -0.1) is 0 Å². The van der Waals surface area contributed by atoms with E-state index in [1.54, 1.807) is 31.4 Å². The number of carbonyl (C=O) groups excluding carboxylic acids is 2. The van der Waals surface area contributed by atoms with Gasteiger partial charge in [0.2, 0.25) is 0 Å². The van der Waals surface area contributed by atoms with Crippen molar-refractivity contribution >= 4 is 17.4 Å². The third kappa shape index (κ3) is 6.65. The normalized spacial score (nSPS) is 20.8. The van der Waals surface area contributed by atoms with Crippen molar-refractivity contribution in [3.05, 3.63) is 29.8 Å². The third-order valence-corrected chi connectivity index (χ3v) is 6.33. The van der Waals surface area contributed by atoms with E-state index in [1.165, 1.54) is 37.1 Å². The summed E-state index contributed by atoms with van der Waals surface area (Å²) in [5.41, 5.74) is 0.848. The van der Waals surface area contributed by atoms with Gasteiger partial charge in [0.1, 0.15) is 12.3 Å². The van der Waals surface area contributed by atoms with Crippen LogP contribution in [-0.4, -0.2) is 36.1 Å². The van der Waals surface area contributed by atoms with Crippen molar-refractivity contribution in [2.45, 2.75) is 86.5 Å². The molecule has 0 bridgehead atoms. The molecule has 0 radical (unpaired) electrons. The molecule has 1 amide bonds. The topological polar surface area (TPSA) is 59.0 Å². The van der Waals surface area contributed by atoms with Crippen LogP contribution in [0.1, 0.15) is 96.8 Å². The van der Waals surface area contributed by atoms with E-state index in [-0.39, 0.29) is 18.2 Å². The molecule has 0 saturated heterocycles. The lowest BCUT2D eigenvalue weighted by atomic mass is 9.67. The van der Waals surface area contributed by atoms with E-state index in [9.17, 15) is 9.59 Å². The number of carbonyl (C=O) groups is 2. The number of hydrogen-bond acceptors (Lipinski definition) is 4. The Morgan fingerprint density at radius 1 is 1.10 bits per heavy atom. The van der Waals surface area contributed by atoms with Crippen LogP contribution in [0.2, 0.25) is 0 Å². The average molecular weight is 431 g/mol. The zero-order chi connectivity index (χ0) is 23.4. The second kappa shape index (κ2) is 13.3. The molecule has 0 N–H and O–H groups in total. The molecule has 1 unspecified atom stereocenters. The Kier molecular flexibility index (Phi) is 11.5. The minimum atomic E-state index is -0.555. The molecule has 1 atom stereocenters. The highest BCUT2D eigenvalue weighted by atomic mass is 16.5. The molecule has 1 aliphatic carbocycles. The first-order valence-electron chi connectivity index (χ1n) is 11.9. The molecule has 1 saturated carbocycles. The first kappa shape index (κ1) is 26.9. The number of rotatable bonds is 6. The van der Waals surface area contributed by atoms with E-state index in [1.807, 2.05) is 27.7 Å². The number of ketones is 1. The highest BCUT2D eigenvalue weighted by Gasteiger charge is 2.50. The van der Waals surface area contributed by atoms with E-state index in [4.69, 9.17) is 4.74 Å². The molecule has 1 aromatic rings. The molecule has 1 heterocycles. The van der Waals surface area contributed by atoms with Crippen LogP contribution in [0.15, 0.2) is 29.4 Å². The number of ether oxygens (including phenoxy) is 1. The monoisotopic (exact) mass is 430 g/mol. The maximum Gasteiger partial charge on any atom is 0.255 e. The van der Waals surface area contributed by atoms with Crippen molar-refractivity contribution in [3.63, 3.8) is 0 Å². The van der Waals surface area contributed by atoms with Crippen LogP contribution in [0.3, 0.4) is 0 Å². The number of unbranched alkanes of at least 4 members (excludes halogenated alkanes) is 1. The number of amides is 1. The van der Waals surface area contributed by atoms with Gasteiger partial charge in [-0.05, 0) is 56.9 Å². The number of Topliss-reactive ketones (excluding diaryl/α,β-unsaturated/α-hetero) is 1. The van der Waals surface area contributed by atoms with Crippen molar-refractivity contribution in [3.8, 4) is 5.75 Å². The van der Waals surface area contributed by atoms with Crippen molar-refractivity contribution in [2.24, 2.45) is 16.4 Å². The van der Waals surface area contributed by atoms with Crippen LogP contribution in [0.4, 0.5) is 0 Å². The summed E-state index contributed by atoms with van der Waals surface area (Å²) < 4.78 is 5.11. The van der Waals surface area contributed by atoms with Gasteiger partial charge in [0.05, 0.1) is 18.2 Å². The summed E-state index contributed by atoms with van der Waals surface area (Å²) >= 11 is 0. The number of hydrazone groups is 1. The number of benzene rings is 1. The Morgan fingerprint density at radius 3 is 2.13 bits per heavy atom. The largest absolute Gasteiger partial charge is 0.497 e. The Labute approximate surface area is 189 Å². The molecule has 31 heavy (non-hydrogen) atoms. The summed E-state index contributed by atoms with van der Waals surface area (Å²) in [4.78, 5) is 25.6. The number of nitrogens with zero attached hydrogens (tertiary/aromatic N) is 2. The summed E-state index contributed by atoms with van der Waals surface area (Å²) in [6.07, 6.45) is 8.36. The fourth-order valence-electron chi connectivity index (χ4n) is 4.01. The SMILES string of the molecule is CC.CCCC.COc1ccc(C(=O)CN2N=C(C)C(C)(C3CCCCC3)C2=O)cc1. The predicted molar refractivity (Wildman–Crippen MR) is 129 cm³/mol. The van der Waals surface area contributed by atoms with Crippen LogP contribution >= 0.6 is 0 Å². The molecular weight excluding hydrogens is 388 g/mol. The van der Waals surface area contributed by atoms with Crippen molar-refractivity contribution in [1.29, 1.82) is 0 Å². The van der Waals surface area contributed by atoms with Gasteiger partial charge in [0.15, 0.2) is 5.78 Å². The molecule has 1 aromatic carbocycles. The predicted octanol–water partition coefficient (Wildman–Crippen LogP) is 6.52. The van der Waals surface area contributed by atoms with Gasteiger partial charge in [0, 0.05) is 5.56 Å². The van der Waals surface area contributed by atoms with E-state index < -0.39 is 5.41 Å². The zero-order valence-corrected chi connectivity index (χ0v) is 20.7. The summed E-state index contributed by atoms with van der Waals surface area (Å²) in [5.74, 6) is 0.894. The minimum absolute atomic E-state index is 0.00911. The second-order valence-electron chi connectivity index (χ2n) is 8.24. The molecule has 5 nitrogen and oxygen atoms in total. The van der Waals surface area contributed by atoms with Gasteiger partial charge in [-0.25, -0.2) is 5.01 Å². The van der Waals surface area contributed by atoms with Crippen LogP contribution in [0.5, 0.6) is 5.75 Å². The third-order valence-electron chi connectivity index (χ3n) is 6.33. The van der Waals surface area contributed by atoms with Crippen LogP contribution in [0.25, 0.3) is 0 Å². The highest BCUT2D eigenvalue weighted by Crippen LogP contribution is 2.43. The fourth-order valence-corrected chi connectivity index (χ4v) is 4.01. The summed E-state index contributed by atoms with van der Waals surface area (Å²) in [6.45, 7) is 12.3. The quantitative estimate of drug-likeness (QED) is 0.483.